The molecule has 2 aliphatic rings. The number of carbonyl (C=O) groups is 2. The lowest BCUT2D eigenvalue weighted by atomic mass is 9.95. The van der Waals surface area contributed by atoms with Crippen molar-refractivity contribution in [3.63, 3.8) is 0 Å². The molecule has 1 N–H and O–H groups in total. The van der Waals surface area contributed by atoms with Gasteiger partial charge in [0.2, 0.25) is 11.8 Å². The molecule has 0 bridgehead atoms. The van der Waals surface area contributed by atoms with Crippen LogP contribution in [0.3, 0.4) is 0 Å². The Balaban J connectivity index is 1.64. The van der Waals surface area contributed by atoms with Gasteiger partial charge in [-0.3, -0.25) is 14.5 Å². The fourth-order valence-electron chi connectivity index (χ4n) is 3.71. The lowest BCUT2D eigenvalue weighted by molar-refractivity contribution is -0.135. The van der Waals surface area contributed by atoms with Crippen LogP contribution in [0.5, 0.6) is 0 Å². The van der Waals surface area contributed by atoms with Gasteiger partial charge in [-0.1, -0.05) is 6.92 Å². The van der Waals surface area contributed by atoms with Gasteiger partial charge in [0.15, 0.2) is 0 Å². The van der Waals surface area contributed by atoms with E-state index in [0.29, 0.717) is 13.0 Å². The predicted octanol–water partition coefficient (Wildman–Crippen LogP) is 1.25. The molecular formula is C18H33N3O3. The molecule has 2 amide bonds. The molecule has 2 heterocycles. The number of morpholine rings is 1. The molecule has 0 aromatic rings. The number of rotatable bonds is 6. The van der Waals surface area contributed by atoms with E-state index in [4.69, 9.17) is 4.74 Å². The summed E-state index contributed by atoms with van der Waals surface area (Å²) < 4.78 is 5.72. The summed E-state index contributed by atoms with van der Waals surface area (Å²) in [5.41, 5.74) is 0. The zero-order valence-corrected chi connectivity index (χ0v) is 15.4. The summed E-state index contributed by atoms with van der Waals surface area (Å²) in [5, 5.41) is 3.07. The molecule has 0 aliphatic carbocycles. The molecule has 0 aromatic carbocycles. The molecule has 0 aromatic heterocycles. The van der Waals surface area contributed by atoms with E-state index in [1.165, 1.54) is 0 Å². The van der Waals surface area contributed by atoms with Gasteiger partial charge in [-0.05, 0) is 33.1 Å². The van der Waals surface area contributed by atoms with Crippen LogP contribution in [0, 0.1) is 5.92 Å². The first-order chi connectivity index (χ1) is 11.5. The first-order valence-corrected chi connectivity index (χ1v) is 9.42. The number of nitrogens with zero attached hydrogens (tertiary/aromatic N) is 2. The standard InChI is InChI=1S/C18H33N3O3/c1-4-5-17(22)21-9-6-16(7-10-21)18(23)19-8-11-20-12-14(2)24-15(3)13-20/h14-16H,4-13H2,1-3H3,(H,19,23)/t14-,15-/m0/s1. The highest BCUT2D eigenvalue weighted by Gasteiger charge is 2.27. The summed E-state index contributed by atoms with van der Waals surface area (Å²) in [6, 6.07) is 0. The van der Waals surface area contributed by atoms with E-state index in [2.05, 4.69) is 24.1 Å². The Morgan fingerprint density at radius 2 is 1.75 bits per heavy atom. The highest BCUT2D eigenvalue weighted by Crippen LogP contribution is 2.18. The molecule has 138 valence electrons. The Labute approximate surface area is 145 Å². The molecule has 2 rings (SSSR count). The van der Waals surface area contributed by atoms with Crippen LogP contribution in [-0.4, -0.2) is 73.1 Å². The van der Waals surface area contributed by atoms with Crippen LogP contribution in [0.1, 0.15) is 46.5 Å². The molecule has 2 fully saturated rings. The van der Waals surface area contributed by atoms with Gasteiger partial charge in [0.05, 0.1) is 12.2 Å². The van der Waals surface area contributed by atoms with E-state index in [0.717, 1.165) is 52.0 Å². The quantitative estimate of drug-likeness (QED) is 0.791. The number of nitrogens with one attached hydrogen (secondary N) is 1. The molecule has 2 aliphatic heterocycles. The van der Waals surface area contributed by atoms with Crippen molar-refractivity contribution in [1.82, 2.24) is 15.1 Å². The van der Waals surface area contributed by atoms with Gasteiger partial charge in [0.25, 0.3) is 0 Å². The van der Waals surface area contributed by atoms with Crippen molar-refractivity contribution >= 4 is 11.8 Å². The normalized spacial score (nSPS) is 26.4. The second-order valence-electron chi connectivity index (χ2n) is 7.21. The minimum absolute atomic E-state index is 0.0539. The Bertz CT molecular complexity index is 412. The van der Waals surface area contributed by atoms with Crippen LogP contribution in [0.25, 0.3) is 0 Å². The largest absolute Gasteiger partial charge is 0.373 e. The van der Waals surface area contributed by atoms with Crippen LogP contribution in [0.15, 0.2) is 0 Å². The number of carbonyl (C=O) groups excluding carboxylic acids is 2. The van der Waals surface area contributed by atoms with Gasteiger partial charge in [-0.2, -0.15) is 0 Å². The van der Waals surface area contributed by atoms with E-state index in [1.807, 2.05) is 11.8 Å². The van der Waals surface area contributed by atoms with Crippen molar-refractivity contribution in [3.05, 3.63) is 0 Å². The van der Waals surface area contributed by atoms with Gasteiger partial charge >= 0.3 is 0 Å². The maximum atomic E-state index is 12.3. The van der Waals surface area contributed by atoms with E-state index in [1.54, 1.807) is 0 Å². The Hall–Kier alpha value is -1.14. The zero-order chi connectivity index (χ0) is 17.5. The van der Waals surface area contributed by atoms with Crippen molar-refractivity contribution in [2.75, 3.05) is 39.3 Å². The second-order valence-corrected chi connectivity index (χ2v) is 7.21. The summed E-state index contributed by atoms with van der Waals surface area (Å²) in [6.07, 6.45) is 3.59. The molecule has 0 radical (unpaired) electrons. The third-order valence-electron chi connectivity index (χ3n) is 4.90. The Kier molecular flexibility index (Phi) is 7.49. The van der Waals surface area contributed by atoms with Crippen molar-refractivity contribution in [2.45, 2.75) is 58.7 Å². The summed E-state index contributed by atoms with van der Waals surface area (Å²) in [7, 11) is 0. The molecule has 6 nitrogen and oxygen atoms in total. The molecule has 24 heavy (non-hydrogen) atoms. The highest BCUT2D eigenvalue weighted by molar-refractivity contribution is 5.80. The predicted molar refractivity (Wildman–Crippen MR) is 93.7 cm³/mol. The minimum Gasteiger partial charge on any atom is -0.373 e. The number of hydrogen-bond donors (Lipinski definition) is 1. The number of hydrogen-bond acceptors (Lipinski definition) is 4. The number of ether oxygens (including phenoxy) is 1. The monoisotopic (exact) mass is 339 g/mol. The molecule has 2 saturated heterocycles. The lowest BCUT2D eigenvalue weighted by Crippen LogP contribution is -2.48. The average molecular weight is 339 g/mol. The highest BCUT2D eigenvalue weighted by atomic mass is 16.5. The van der Waals surface area contributed by atoms with E-state index in [-0.39, 0.29) is 29.9 Å². The number of likely N-dealkylation sites (tertiary alicyclic amines) is 1. The third-order valence-corrected chi connectivity index (χ3v) is 4.90. The summed E-state index contributed by atoms with van der Waals surface area (Å²) in [4.78, 5) is 28.5. The average Bonchev–Trinajstić information content (AvgIpc) is 2.54. The van der Waals surface area contributed by atoms with E-state index in [9.17, 15) is 9.59 Å². The van der Waals surface area contributed by atoms with Gasteiger partial charge in [-0.25, -0.2) is 0 Å². The van der Waals surface area contributed by atoms with Gasteiger partial charge in [-0.15, -0.1) is 0 Å². The first kappa shape index (κ1) is 19.2. The van der Waals surface area contributed by atoms with Gasteiger partial charge in [0.1, 0.15) is 0 Å². The molecule has 2 atom stereocenters. The van der Waals surface area contributed by atoms with Gasteiger partial charge < -0.3 is 15.0 Å². The smallest absolute Gasteiger partial charge is 0.223 e. The SMILES string of the molecule is CCCC(=O)N1CCC(C(=O)NCCN2C[C@H](C)O[C@@H](C)C2)CC1. The maximum Gasteiger partial charge on any atom is 0.223 e. The second kappa shape index (κ2) is 9.37. The lowest BCUT2D eigenvalue weighted by Gasteiger charge is -2.35. The van der Waals surface area contributed by atoms with Gasteiger partial charge in [0, 0.05) is 51.6 Å². The summed E-state index contributed by atoms with van der Waals surface area (Å²) >= 11 is 0. The zero-order valence-electron chi connectivity index (χ0n) is 15.4. The Morgan fingerprint density at radius 3 is 2.33 bits per heavy atom. The van der Waals surface area contributed by atoms with Crippen molar-refractivity contribution < 1.29 is 14.3 Å². The topological polar surface area (TPSA) is 61.9 Å². The molecule has 0 saturated carbocycles. The summed E-state index contributed by atoms with van der Waals surface area (Å²) in [5.74, 6) is 0.428. The molecule has 0 spiro atoms. The van der Waals surface area contributed by atoms with E-state index >= 15 is 0 Å². The minimum atomic E-state index is 0.0539. The van der Waals surface area contributed by atoms with Crippen LogP contribution in [0.4, 0.5) is 0 Å². The van der Waals surface area contributed by atoms with Crippen LogP contribution in [0.2, 0.25) is 0 Å². The third kappa shape index (κ3) is 5.74. The Morgan fingerprint density at radius 1 is 1.12 bits per heavy atom. The van der Waals surface area contributed by atoms with Crippen molar-refractivity contribution in [3.8, 4) is 0 Å². The molecule has 6 heteroatoms. The van der Waals surface area contributed by atoms with Crippen molar-refractivity contribution in [1.29, 1.82) is 0 Å². The van der Waals surface area contributed by atoms with Crippen LogP contribution in [-0.2, 0) is 14.3 Å². The fourth-order valence-corrected chi connectivity index (χ4v) is 3.71. The van der Waals surface area contributed by atoms with Crippen molar-refractivity contribution in [2.24, 2.45) is 5.92 Å². The van der Waals surface area contributed by atoms with Crippen LogP contribution < -0.4 is 5.32 Å². The number of amides is 2. The first-order valence-electron chi connectivity index (χ1n) is 9.42. The van der Waals surface area contributed by atoms with Crippen LogP contribution >= 0.6 is 0 Å². The fraction of sp³-hybridized carbons (Fsp3) is 0.889. The molecular weight excluding hydrogens is 306 g/mol. The maximum absolute atomic E-state index is 12.3. The molecule has 0 unspecified atom stereocenters. The van der Waals surface area contributed by atoms with E-state index < -0.39 is 0 Å². The summed E-state index contributed by atoms with van der Waals surface area (Å²) in [6.45, 7) is 11.1. The number of piperidine rings is 1.